The van der Waals surface area contributed by atoms with Gasteiger partial charge in [0.15, 0.2) is 19.0 Å². The van der Waals surface area contributed by atoms with Gasteiger partial charge in [0.2, 0.25) is 5.91 Å². The Morgan fingerprint density at radius 2 is 1.68 bits per heavy atom. The molecule has 1 aliphatic rings. The molecule has 0 fully saturated rings. The third-order valence-corrected chi connectivity index (χ3v) is 4.35. The first-order valence-corrected chi connectivity index (χ1v) is 8.97. The fraction of sp³-hybridized carbons (Fsp3) is 0.286. The number of carbonyl (C=O) groups is 3. The molecule has 2 aromatic carbocycles. The molecule has 7 nitrogen and oxygen atoms in total. The number of hydrogen-bond acceptors (Lipinski definition) is 6. The summed E-state index contributed by atoms with van der Waals surface area (Å²) in [5.74, 6) is -0.192. The van der Waals surface area contributed by atoms with Gasteiger partial charge in [-0.3, -0.25) is 9.59 Å². The van der Waals surface area contributed by atoms with Crippen molar-refractivity contribution in [1.29, 1.82) is 0 Å². The molecule has 0 aliphatic carbocycles. The number of amides is 1. The Morgan fingerprint density at radius 3 is 2.36 bits per heavy atom. The Balaban J connectivity index is 1.48. The monoisotopic (exact) mass is 383 g/mol. The maximum atomic E-state index is 12.3. The van der Waals surface area contributed by atoms with E-state index in [1.807, 2.05) is 6.92 Å². The van der Waals surface area contributed by atoms with Crippen LogP contribution >= 0.6 is 0 Å². The first-order chi connectivity index (χ1) is 13.5. The smallest absolute Gasteiger partial charge is 0.344 e. The number of nitrogens with one attached hydrogen (secondary N) is 1. The van der Waals surface area contributed by atoms with E-state index in [1.54, 1.807) is 49.4 Å². The Hall–Kier alpha value is -3.35. The van der Waals surface area contributed by atoms with Crippen molar-refractivity contribution in [3.63, 3.8) is 0 Å². The van der Waals surface area contributed by atoms with E-state index in [2.05, 4.69) is 5.32 Å². The van der Waals surface area contributed by atoms with Gasteiger partial charge in [-0.1, -0.05) is 0 Å². The molecule has 0 spiro atoms. The lowest BCUT2D eigenvalue weighted by Crippen LogP contribution is -2.19. The van der Waals surface area contributed by atoms with Gasteiger partial charge < -0.3 is 19.5 Å². The summed E-state index contributed by atoms with van der Waals surface area (Å²) in [6.45, 7) is 3.53. The molecule has 0 bridgehead atoms. The van der Waals surface area contributed by atoms with Crippen LogP contribution in [0.4, 0.5) is 5.69 Å². The highest BCUT2D eigenvalue weighted by Gasteiger charge is 2.27. The molecule has 146 valence electrons. The molecular formula is C21H21NO6. The minimum absolute atomic E-state index is 0.0996. The van der Waals surface area contributed by atoms with Crippen LogP contribution in [0.15, 0.2) is 42.5 Å². The van der Waals surface area contributed by atoms with Gasteiger partial charge in [-0.2, -0.15) is 0 Å². The summed E-state index contributed by atoms with van der Waals surface area (Å²) < 4.78 is 15.7. The number of anilines is 1. The second kappa shape index (κ2) is 8.56. The van der Waals surface area contributed by atoms with Gasteiger partial charge in [-0.15, -0.1) is 0 Å². The van der Waals surface area contributed by atoms with E-state index in [9.17, 15) is 14.4 Å². The molecule has 0 saturated heterocycles. The van der Waals surface area contributed by atoms with Crippen molar-refractivity contribution in [2.24, 2.45) is 0 Å². The summed E-state index contributed by atoms with van der Waals surface area (Å²) in [7, 11) is 0. The highest BCUT2D eigenvalue weighted by atomic mass is 16.6. The van der Waals surface area contributed by atoms with Gasteiger partial charge in [-0.05, 0) is 61.9 Å². The number of ether oxygens (including phenoxy) is 3. The lowest BCUT2D eigenvalue weighted by atomic mass is 9.99. The number of ketones is 1. The average molecular weight is 383 g/mol. The zero-order chi connectivity index (χ0) is 20.1. The summed E-state index contributed by atoms with van der Waals surface area (Å²) in [5, 5.41) is 2.75. The number of carbonyl (C=O) groups excluding carboxylic acids is 3. The van der Waals surface area contributed by atoms with Crippen molar-refractivity contribution in [3.05, 3.63) is 53.6 Å². The number of rotatable bonds is 8. The van der Waals surface area contributed by atoms with Crippen molar-refractivity contribution < 1.29 is 28.6 Å². The number of fused-ring (bicyclic) bond motifs is 1. The summed E-state index contributed by atoms with van der Waals surface area (Å²) in [4.78, 5) is 35.8. The highest BCUT2D eigenvalue weighted by Crippen LogP contribution is 2.32. The highest BCUT2D eigenvalue weighted by molar-refractivity contribution is 6.05. The lowest BCUT2D eigenvalue weighted by molar-refractivity contribution is -0.144. The predicted molar refractivity (Wildman–Crippen MR) is 102 cm³/mol. The molecule has 2 aromatic rings. The number of Topliss-reactive ketones (excluding diaryl/α,β-unsaturated/α-hetero) is 1. The SMILES string of the molecule is CCOc1ccc(OCC(=O)OCC(=O)c2ccc3c(c2)[C@@H](C)C(=O)N3)cc1. The molecule has 1 aliphatic heterocycles. The third kappa shape index (κ3) is 4.49. The lowest BCUT2D eigenvalue weighted by Gasteiger charge is -2.09. The third-order valence-electron chi connectivity index (χ3n) is 4.35. The van der Waals surface area contributed by atoms with Gasteiger partial charge in [0.05, 0.1) is 12.5 Å². The molecule has 0 saturated carbocycles. The Labute approximate surface area is 162 Å². The molecule has 1 amide bonds. The molecule has 1 N–H and O–H groups in total. The molecule has 0 unspecified atom stereocenters. The van der Waals surface area contributed by atoms with Crippen molar-refractivity contribution in [2.45, 2.75) is 19.8 Å². The first-order valence-electron chi connectivity index (χ1n) is 8.97. The number of esters is 1. The molecule has 1 atom stereocenters. The summed E-state index contributed by atoms with van der Waals surface area (Å²) in [5.41, 5.74) is 1.86. The Morgan fingerprint density at radius 1 is 1.00 bits per heavy atom. The van der Waals surface area contributed by atoms with Gasteiger partial charge in [0, 0.05) is 11.3 Å². The quantitative estimate of drug-likeness (QED) is 0.557. The van der Waals surface area contributed by atoms with Gasteiger partial charge >= 0.3 is 5.97 Å². The van der Waals surface area contributed by atoms with Crippen molar-refractivity contribution in [2.75, 3.05) is 25.1 Å². The Kier molecular flexibility index (Phi) is 5.93. The van der Waals surface area contributed by atoms with Crippen LogP contribution in [0.3, 0.4) is 0 Å². The van der Waals surface area contributed by atoms with Gasteiger partial charge in [0.25, 0.3) is 0 Å². The maximum absolute atomic E-state index is 12.3. The maximum Gasteiger partial charge on any atom is 0.344 e. The molecule has 28 heavy (non-hydrogen) atoms. The minimum atomic E-state index is -0.645. The topological polar surface area (TPSA) is 90.9 Å². The van der Waals surface area contributed by atoms with Crippen LogP contribution < -0.4 is 14.8 Å². The van der Waals surface area contributed by atoms with Crippen LogP contribution in [0, 0.1) is 0 Å². The van der Waals surface area contributed by atoms with E-state index < -0.39 is 5.97 Å². The van der Waals surface area contributed by atoms with E-state index in [0.29, 0.717) is 29.4 Å². The second-order valence-corrected chi connectivity index (χ2v) is 6.29. The molecular weight excluding hydrogens is 362 g/mol. The zero-order valence-electron chi connectivity index (χ0n) is 15.7. The molecule has 1 heterocycles. The number of hydrogen-bond donors (Lipinski definition) is 1. The molecule has 0 radical (unpaired) electrons. The number of benzene rings is 2. The van der Waals surface area contributed by atoms with Crippen LogP contribution in [0.1, 0.15) is 35.7 Å². The zero-order valence-corrected chi connectivity index (χ0v) is 15.7. The van der Waals surface area contributed by atoms with E-state index in [1.165, 1.54) is 0 Å². The normalized spacial score (nSPS) is 14.8. The summed E-state index contributed by atoms with van der Waals surface area (Å²) >= 11 is 0. The largest absolute Gasteiger partial charge is 0.494 e. The van der Waals surface area contributed by atoms with Crippen molar-refractivity contribution in [3.8, 4) is 11.5 Å². The van der Waals surface area contributed by atoms with Crippen molar-refractivity contribution in [1.82, 2.24) is 0 Å². The van der Waals surface area contributed by atoms with Gasteiger partial charge in [0.1, 0.15) is 11.5 Å². The van der Waals surface area contributed by atoms with E-state index in [4.69, 9.17) is 14.2 Å². The summed E-state index contributed by atoms with van der Waals surface area (Å²) in [6, 6.07) is 11.8. The van der Waals surface area contributed by atoms with Crippen LogP contribution in [0.5, 0.6) is 11.5 Å². The fourth-order valence-electron chi connectivity index (χ4n) is 2.80. The van der Waals surface area contributed by atoms with Gasteiger partial charge in [-0.25, -0.2) is 4.79 Å². The van der Waals surface area contributed by atoms with Crippen LogP contribution in [0.2, 0.25) is 0 Å². The fourth-order valence-corrected chi connectivity index (χ4v) is 2.80. The van der Waals surface area contributed by atoms with E-state index >= 15 is 0 Å². The van der Waals surface area contributed by atoms with E-state index in [0.717, 1.165) is 5.56 Å². The van der Waals surface area contributed by atoms with E-state index in [-0.39, 0.29) is 30.8 Å². The van der Waals surface area contributed by atoms with Crippen LogP contribution in [0.25, 0.3) is 0 Å². The average Bonchev–Trinajstić information content (AvgIpc) is 2.99. The molecule has 0 aromatic heterocycles. The van der Waals surface area contributed by atoms with Crippen LogP contribution in [-0.4, -0.2) is 37.5 Å². The minimum Gasteiger partial charge on any atom is -0.494 e. The molecule has 7 heteroatoms. The second-order valence-electron chi connectivity index (χ2n) is 6.29. The Bertz CT molecular complexity index is 890. The predicted octanol–water partition coefficient (Wildman–Crippen LogP) is 2.95. The molecule has 3 rings (SSSR count). The summed E-state index contributed by atoms with van der Waals surface area (Å²) in [6.07, 6.45) is 0. The standard InChI is InChI=1S/C21H21NO6/c1-3-26-15-5-7-16(8-6-15)27-12-20(24)28-11-19(23)14-4-9-18-17(10-14)13(2)21(25)22-18/h4-10,13H,3,11-12H2,1-2H3,(H,22,25)/t13-/m1/s1. The van der Waals surface area contributed by atoms with Crippen LogP contribution in [-0.2, 0) is 14.3 Å². The van der Waals surface area contributed by atoms with Crippen molar-refractivity contribution >= 4 is 23.3 Å². The first kappa shape index (κ1) is 19.4.